The molecule has 2 aromatic heterocycles. The number of nitrogens with one attached hydrogen (secondary N) is 1. The quantitative estimate of drug-likeness (QED) is 0.913. The summed E-state index contributed by atoms with van der Waals surface area (Å²) >= 11 is 0. The summed E-state index contributed by atoms with van der Waals surface area (Å²) in [6.07, 6.45) is 6.98. The van der Waals surface area contributed by atoms with Crippen LogP contribution in [0.5, 0.6) is 0 Å². The number of rotatable bonds is 4. The lowest BCUT2D eigenvalue weighted by Crippen LogP contribution is -2.39. The molecule has 2 bridgehead atoms. The van der Waals surface area contributed by atoms with Crippen LogP contribution in [-0.2, 0) is 11.3 Å². The van der Waals surface area contributed by atoms with Gasteiger partial charge in [-0.25, -0.2) is 4.98 Å². The number of amides is 1. The van der Waals surface area contributed by atoms with Gasteiger partial charge in [-0.15, -0.1) is 0 Å². The molecule has 2 aromatic rings. The third kappa shape index (κ3) is 2.91. The van der Waals surface area contributed by atoms with E-state index in [1.807, 2.05) is 22.7 Å². The molecule has 0 radical (unpaired) electrons. The first-order chi connectivity index (χ1) is 12.8. The maximum atomic E-state index is 13.0. The minimum Gasteiger partial charge on any atom is -0.379 e. The molecule has 3 fully saturated rings. The van der Waals surface area contributed by atoms with Crippen molar-refractivity contribution in [1.82, 2.24) is 19.6 Å². The van der Waals surface area contributed by atoms with Crippen molar-refractivity contribution in [2.75, 3.05) is 26.3 Å². The fourth-order valence-electron chi connectivity index (χ4n) is 5.00. The van der Waals surface area contributed by atoms with Gasteiger partial charge in [0, 0.05) is 31.9 Å². The number of carbonyl (C=O) groups excluding carboxylic acids is 1. The second kappa shape index (κ2) is 6.67. The van der Waals surface area contributed by atoms with Gasteiger partial charge in [-0.05, 0) is 43.2 Å². The van der Waals surface area contributed by atoms with Gasteiger partial charge in [-0.1, -0.05) is 12.5 Å². The van der Waals surface area contributed by atoms with Crippen molar-refractivity contribution in [2.24, 2.45) is 11.8 Å². The molecule has 3 heterocycles. The first-order valence-corrected chi connectivity index (χ1v) is 9.85. The summed E-state index contributed by atoms with van der Waals surface area (Å²) in [5.41, 5.74) is 2.00. The molecule has 0 aromatic carbocycles. The molecule has 6 heteroatoms. The molecule has 1 aliphatic heterocycles. The van der Waals surface area contributed by atoms with E-state index in [4.69, 9.17) is 9.72 Å². The highest BCUT2D eigenvalue weighted by molar-refractivity contribution is 5.92. The number of morpholine rings is 1. The van der Waals surface area contributed by atoms with Crippen LogP contribution < -0.4 is 5.32 Å². The number of nitrogens with zero attached hydrogens (tertiary/aromatic N) is 3. The number of carbonyl (C=O) groups is 1. The fourth-order valence-corrected chi connectivity index (χ4v) is 5.00. The van der Waals surface area contributed by atoms with Crippen molar-refractivity contribution in [3.8, 4) is 0 Å². The monoisotopic (exact) mass is 354 g/mol. The molecule has 6 nitrogen and oxygen atoms in total. The second-order valence-electron chi connectivity index (χ2n) is 7.98. The predicted molar refractivity (Wildman–Crippen MR) is 98.0 cm³/mol. The zero-order valence-electron chi connectivity index (χ0n) is 15.1. The lowest BCUT2D eigenvalue weighted by molar-refractivity contribution is 0.0338. The highest BCUT2D eigenvalue weighted by Crippen LogP contribution is 2.44. The van der Waals surface area contributed by atoms with E-state index in [1.54, 1.807) is 0 Å². The van der Waals surface area contributed by atoms with Gasteiger partial charge in [0.15, 0.2) is 0 Å². The van der Waals surface area contributed by atoms with E-state index in [-0.39, 0.29) is 5.91 Å². The molecule has 5 rings (SSSR count). The Morgan fingerprint density at radius 1 is 1.23 bits per heavy atom. The van der Waals surface area contributed by atoms with Crippen molar-refractivity contribution in [2.45, 2.75) is 38.3 Å². The Labute approximate surface area is 153 Å². The maximum absolute atomic E-state index is 13.0. The molecule has 26 heavy (non-hydrogen) atoms. The summed E-state index contributed by atoms with van der Waals surface area (Å²) in [6.45, 7) is 4.13. The number of imidazole rings is 1. The molecule has 1 amide bonds. The van der Waals surface area contributed by atoms with Crippen LogP contribution in [0.25, 0.3) is 5.52 Å². The van der Waals surface area contributed by atoms with Gasteiger partial charge in [-0.3, -0.25) is 14.1 Å². The summed E-state index contributed by atoms with van der Waals surface area (Å²) in [7, 11) is 0. The number of pyridine rings is 1. The molecule has 138 valence electrons. The Kier molecular flexibility index (Phi) is 4.17. The van der Waals surface area contributed by atoms with Crippen molar-refractivity contribution >= 4 is 11.4 Å². The van der Waals surface area contributed by atoms with Gasteiger partial charge in [0.2, 0.25) is 5.82 Å². The Morgan fingerprint density at radius 2 is 2.12 bits per heavy atom. The Balaban J connectivity index is 1.39. The van der Waals surface area contributed by atoms with E-state index in [2.05, 4.69) is 16.3 Å². The standard InChI is InChI=1S/C20H26N4O2/c25-20(22-16-12-14-4-5-15(16)11-14)19-21-17(13-23-7-9-26-10-8-23)18-3-1-2-6-24(18)19/h1-3,6,14-16H,4-5,7-13H2,(H,22,25). The van der Waals surface area contributed by atoms with Gasteiger partial charge in [-0.2, -0.15) is 0 Å². The zero-order chi connectivity index (χ0) is 17.5. The molecule has 1 N–H and O–H groups in total. The molecule has 3 atom stereocenters. The summed E-state index contributed by atoms with van der Waals surface area (Å²) in [5, 5.41) is 3.28. The topological polar surface area (TPSA) is 58.9 Å². The third-order valence-corrected chi connectivity index (χ3v) is 6.36. The van der Waals surface area contributed by atoms with Gasteiger partial charge < -0.3 is 10.1 Å². The van der Waals surface area contributed by atoms with Gasteiger partial charge in [0.1, 0.15) is 0 Å². The SMILES string of the molecule is O=C(NC1CC2CCC1C2)c1nc(CN2CCOCC2)c2ccccn12. The molecule has 0 spiro atoms. The first-order valence-electron chi connectivity index (χ1n) is 9.85. The number of hydrogen-bond donors (Lipinski definition) is 1. The summed E-state index contributed by atoms with van der Waals surface area (Å²) < 4.78 is 7.38. The Morgan fingerprint density at radius 3 is 2.88 bits per heavy atom. The van der Waals surface area contributed by atoms with E-state index in [9.17, 15) is 4.79 Å². The van der Waals surface area contributed by atoms with Gasteiger partial charge in [0.25, 0.3) is 5.91 Å². The van der Waals surface area contributed by atoms with E-state index in [0.29, 0.717) is 17.8 Å². The van der Waals surface area contributed by atoms with Crippen molar-refractivity contribution in [1.29, 1.82) is 0 Å². The number of aromatic nitrogens is 2. The summed E-state index contributed by atoms with van der Waals surface area (Å²) in [6, 6.07) is 6.36. The average molecular weight is 354 g/mol. The molecule has 3 unspecified atom stereocenters. The molecule has 1 saturated heterocycles. The lowest BCUT2D eigenvalue weighted by Gasteiger charge is -2.25. The third-order valence-electron chi connectivity index (χ3n) is 6.36. The Bertz CT molecular complexity index is 811. The molecule has 2 aliphatic carbocycles. The van der Waals surface area contributed by atoms with Crippen LogP contribution >= 0.6 is 0 Å². The second-order valence-corrected chi connectivity index (χ2v) is 7.98. The minimum atomic E-state index is -0.0306. The van der Waals surface area contributed by atoms with Crippen molar-refractivity contribution in [3.63, 3.8) is 0 Å². The predicted octanol–water partition coefficient (Wildman–Crippen LogP) is 2.08. The smallest absolute Gasteiger partial charge is 0.287 e. The fraction of sp³-hybridized carbons (Fsp3) is 0.600. The summed E-state index contributed by atoms with van der Waals surface area (Å²) in [4.78, 5) is 20.1. The largest absolute Gasteiger partial charge is 0.379 e. The average Bonchev–Trinajstić information content (AvgIpc) is 3.37. The van der Waals surface area contributed by atoms with E-state index < -0.39 is 0 Å². The molecule has 3 aliphatic rings. The van der Waals surface area contributed by atoms with Crippen LogP contribution in [0.4, 0.5) is 0 Å². The molecular formula is C20H26N4O2. The van der Waals surface area contributed by atoms with Crippen LogP contribution in [0.3, 0.4) is 0 Å². The number of hydrogen-bond acceptors (Lipinski definition) is 4. The normalized spacial score (nSPS) is 28.7. The molecule has 2 saturated carbocycles. The van der Waals surface area contributed by atoms with E-state index in [1.165, 1.54) is 19.3 Å². The highest BCUT2D eigenvalue weighted by Gasteiger charge is 2.40. The number of fused-ring (bicyclic) bond motifs is 3. The first kappa shape index (κ1) is 16.3. The van der Waals surface area contributed by atoms with Crippen LogP contribution in [0, 0.1) is 11.8 Å². The highest BCUT2D eigenvalue weighted by atomic mass is 16.5. The Hall–Kier alpha value is -1.92. The lowest BCUT2D eigenvalue weighted by atomic mass is 9.95. The van der Waals surface area contributed by atoms with Crippen LogP contribution in [0.2, 0.25) is 0 Å². The van der Waals surface area contributed by atoms with E-state index in [0.717, 1.165) is 56.4 Å². The van der Waals surface area contributed by atoms with Crippen LogP contribution in [-0.4, -0.2) is 52.5 Å². The summed E-state index contributed by atoms with van der Waals surface area (Å²) in [5.74, 6) is 1.98. The minimum absolute atomic E-state index is 0.0306. The van der Waals surface area contributed by atoms with E-state index >= 15 is 0 Å². The number of ether oxygens (including phenoxy) is 1. The van der Waals surface area contributed by atoms with Crippen molar-refractivity contribution in [3.05, 3.63) is 35.9 Å². The van der Waals surface area contributed by atoms with Crippen molar-refractivity contribution < 1.29 is 9.53 Å². The van der Waals surface area contributed by atoms with Gasteiger partial charge in [0.05, 0.1) is 24.4 Å². The van der Waals surface area contributed by atoms with Crippen LogP contribution in [0.1, 0.15) is 42.0 Å². The zero-order valence-corrected chi connectivity index (χ0v) is 15.1. The van der Waals surface area contributed by atoms with Crippen LogP contribution in [0.15, 0.2) is 24.4 Å². The maximum Gasteiger partial charge on any atom is 0.287 e. The van der Waals surface area contributed by atoms with Gasteiger partial charge >= 0.3 is 0 Å². The molecular weight excluding hydrogens is 328 g/mol.